The Labute approximate surface area is 123 Å². The van der Waals surface area contributed by atoms with Crippen molar-refractivity contribution >= 4 is 22.6 Å². The fraction of sp³-hybridized carbons (Fsp3) is 0.375. The van der Waals surface area contributed by atoms with E-state index in [1.54, 1.807) is 6.07 Å². The second kappa shape index (κ2) is 6.54. The van der Waals surface area contributed by atoms with Gasteiger partial charge in [-0.25, -0.2) is 9.78 Å². The number of anilines is 1. The van der Waals surface area contributed by atoms with Gasteiger partial charge in [0.15, 0.2) is 5.69 Å². The van der Waals surface area contributed by atoms with Crippen molar-refractivity contribution < 1.29 is 15.0 Å². The molecule has 112 valence electrons. The lowest BCUT2D eigenvalue weighted by Crippen LogP contribution is -2.27. The van der Waals surface area contributed by atoms with Crippen molar-refractivity contribution in [2.45, 2.75) is 26.3 Å². The predicted molar refractivity (Wildman–Crippen MR) is 82.7 cm³/mol. The second-order valence-electron chi connectivity index (χ2n) is 5.39. The molecule has 0 saturated carbocycles. The van der Waals surface area contributed by atoms with Gasteiger partial charge in [-0.1, -0.05) is 38.1 Å². The van der Waals surface area contributed by atoms with E-state index in [1.165, 1.54) is 0 Å². The molecule has 0 aliphatic heterocycles. The first-order chi connectivity index (χ1) is 10.0. The van der Waals surface area contributed by atoms with Gasteiger partial charge in [-0.15, -0.1) is 0 Å². The van der Waals surface area contributed by atoms with Gasteiger partial charge in [-0.05, 0) is 23.8 Å². The zero-order valence-electron chi connectivity index (χ0n) is 12.2. The highest BCUT2D eigenvalue weighted by Crippen LogP contribution is 2.25. The summed E-state index contributed by atoms with van der Waals surface area (Å²) in [5.41, 5.74) is 0.0164. The van der Waals surface area contributed by atoms with Gasteiger partial charge in [0.2, 0.25) is 0 Å². The average Bonchev–Trinajstić information content (AvgIpc) is 2.46. The Balaban J connectivity index is 2.47. The summed E-state index contributed by atoms with van der Waals surface area (Å²) in [7, 11) is 0. The van der Waals surface area contributed by atoms with Crippen molar-refractivity contribution in [3.05, 3.63) is 36.0 Å². The number of hydrogen-bond acceptors (Lipinski definition) is 4. The Kier molecular flexibility index (Phi) is 4.75. The molecule has 0 amide bonds. The smallest absolute Gasteiger partial charge is 0.354 e. The molecule has 2 aromatic rings. The van der Waals surface area contributed by atoms with Crippen LogP contribution >= 0.6 is 0 Å². The standard InChI is InChI=1S/C16H20N2O3/c1-10(2)13(7-8-19)17-15-12-6-4-3-5-11(12)9-14(18-15)16(20)21/h3-6,9-10,13,19H,7-8H2,1-2H3,(H,17,18)(H,20,21). The van der Waals surface area contributed by atoms with Crippen LogP contribution in [0.15, 0.2) is 30.3 Å². The molecule has 0 bridgehead atoms. The van der Waals surface area contributed by atoms with Crippen LogP contribution in [-0.2, 0) is 0 Å². The summed E-state index contributed by atoms with van der Waals surface area (Å²) in [5.74, 6) is -0.198. The molecule has 0 fully saturated rings. The summed E-state index contributed by atoms with van der Waals surface area (Å²) in [6, 6.07) is 9.14. The largest absolute Gasteiger partial charge is 0.477 e. The molecule has 1 aromatic heterocycles. The number of carboxylic acid groups (broad SMARTS) is 1. The summed E-state index contributed by atoms with van der Waals surface area (Å²) in [4.78, 5) is 15.4. The SMILES string of the molecule is CC(C)C(CCO)Nc1nc(C(=O)O)cc2ccccc12. The second-order valence-corrected chi connectivity index (χ2v) is 5.39. The van der Waals surface area contributed by atoms with Gasteiger partial charge >= 0.3 is 5.97 Å². The molecule has 0 saturated heterocycles. The molecule has 3 N–H and O–H groups in total. The number of nitrogens with zero attached hydrogens (tertiary/aromatic N) is 1. The number of hydrogen-bond donors (Lipinski definition) is 3. The Morgan fingerprint density at radius 2 is 2.05 bits per heavy atom. The van der Waals surface area contributed by atoms with Gasteiger partial charge < -0.3 is 15.5 Å². The molecule has 0 aliphatic carbocycles. The Hall–Kier alpha value is -2.14. The zero-order valence-corrected chi connectivity index (χ0v) is 12.2. The highest BCUT2D eigenvalue weighted by Gasteiger charge is 2.16. The number of benzene rings is 1. The van der Waals surface area contributed by atoms with Crippen LogP contribution in [0.2, 0.25) is 0 Å². The van der Waals surface area contributed by atoms with E-state index in [4.69, 9.17) is 5.11 Å². The number of fused-ring (bicyclic) bond motifs is 1. The monoisotopic (exact) mass is 288 g/mol. The first-order valence-electron chi connectivity index (χ1n) is 7.03. The number of rotatable bonds is 6. The van der Waals surface area contributed by atoms with E-state index in [2.05, 4.69) is 24.1 Å². The van der Waals surface area contributed by atoms with Crippen LogP contribution in [0.3, 0.4) is 0 Å². The summed E-state index contributed by atoms with van der Waals surface area (Å²) < 4.78 is 0. The van der Waals surface area contributed by atoms with Crippen LogP contribution < -0.4 is 5.32 Å². The first-order valence-corrected chi connectivity index (χ1v) is 7.03. The minimum absolute atomic E-state index is 0.0164. The summed E-state index contributed by atoms with van der Waals surface area (Å²) in [6.07, 6.45) is 0.588. The average molecular weight is 288 g/mol. The van der Waals surface area contributed by atoms with Crippen LogP contribution in [0, 0.1) is 5.92 Å². The van der Waals surface area contributed by atoms with E-state index in [9.17, 15) is 9.90 Å². The van der Waals surface area contributed by atoms with E-state index < -0.39 is 5.97 Å². The number of aliphatic hydroxyl groups excluding tert-OH is 1. The Morgan fingerprint density at radius 3 is 2.67 bits per heavy atom. The van der Waals surface area contributed by atoms with Crippen LogP contribution in [0.1, 0.15) is 30.8 Å². The van der Waals surface area contributed by atoms with Crippen molar-refractivity contribution in [3.63, 3.8) is 0 Å². The van der Waals surface area contributed by atoms with Crippen LogP contribution in [0.5, 0.6) is 0 Å². The van der Waals surface area contributed by atoms with Gasteiger partial charge in [0, 0.05) is 18.0 Å². The topological polar surface area (TPSA) is 82.5 Å². The van der Waals surface area contributed by atoms with E-state index in [0.717, 1.165) is 10.8 Å². The van der Waals surface area contributed by atoms with Gasteiger partial charge in [0.05, 0.1) is 0 Å². The third-order valence-electron chi connectivity index (χ3n) is 3.53. The van der Waals surface area contributed by atoms with Crippen LogP contribution in [0.25, 0.3) is 10.8 Å². The highest BCUT2D eigenvalue weighted by molar-refractivity contribution is 5.97. The molecule has 1 unspecified atom stereocenters. The first kappa shape index (κ1) is 15.3. The molecular weight excluding hydrogens is 268 g/mol. The number of aromatic nitrogens is 1. The maximum atomic E-state index is 11.2. The zero-order chi connectivity index (χ0) is 15.4. The van der Waals surface area contributed by atoms with Gasteiger partial charge in [-0.3, -0.25) is 0 Å². The number of carboxylic acids is 1. The normalized spacial score (nSPS) is 12.6. The lowest BCUT2D eigenvalue weighted by atomic mass is 10.0. The van der Waals surface area contributed by atoms with Crippen LogP contribution in [0.4, 0.5) is 5.82 Å². The lowest BCUT2D eigenvalue weighted by Gasteiger charge is -2.23. The maximum absolute atomic E-state index is 11.2. The number of pyridine rings is 1. The van der Waals surface area contributed by atoms with Crippen molar-refractivity contribution in [1.82, 2.24) is 4.98 Å². The molecule has 0 radical (unpaired) electrons. The number of carbonyl (C=O) groups is 1. The van der Waals surface area contributed by atoms with E-state index in [-0.39, 0.29) is 18.3 Å². The Morgan fingerprint density at radius 1 is 1.33 bits per heavy atom. The van der Waals surface area contributed by atoms with Crippen molar-refractivity contribution in [3.8, 4) is 0 Å². The molecular formula is C16H20N2O3. The quantitative estimate of drug-likeness (QED) is 0.761. The predicted octanol–water partition coefficient (Wildman–Crippen LogP) is 2.75. The summed E-state index contributed by atoms with van der Waals surface area (Å²) in [5, 5.41) is 23.3. The lowest BCUT2D eigenvalue weighted by molar-refractivity contribution is 0.0691. The molecule has 21 heavy (non-hydrogen) atoms. The molecule has 0 spiro atoms. The highest BCUT2D eigenvalue weighted by atomic mass is 16.4. The minimum Gasteiger partial charge on any atom is -0.477 e. The number of aromatic carboxylic acids is 1. The van der Waals surface area contributed by atoms with E-state index >= 15 is 0 Å². The molecule has 1 aromatic carbocycles. The molecule has 0 aliphatic rings. The van der Waals surface area contributed by atoms with Crippen molar-refractivity contribution in [1.29, 1.82) is 0 Å². The van der Waals surface area contributed by atoms with Crippen LogP contribution in [-0.4, -0.2) is 33.8 Å². The van der Waals surface area contributed by atoms with Crippen molar-refractivity contribution in [2.24, 2.45) is 5.92 Å². The van der Waals surface area contributed by atoms with Crippen molar-refractivity contribution in [2.75, 3.05) is 11.9 Å². The summed E-state index contributed by atoms with van der Waals surface area (Å²) >= 11 is 0. The fourth-order valence-corrected chi connectivity index (χ4v) is 2.31. The molecule has 5 nitrogen and oxygen atoms in total. The fourth-order valence-electron chi connectivity index (χ4n) is 2.31. The van der Waals surface area contributed by atoms with Gasteiger partial charge in [0.25, 0.3) is 0 Å². The minimum atomic E-state index is -1.05. The molecule has 1 heterocycles. The van der Waals surface area contributed by atoms with Gasteiger partial charge in [-0.2, -0.15) is 0 Å². The number of aliphatic hydroxyl groups is 1. The van der Waals surface area contributed by atoms with E-state index in [0.29, 0.717) is 18.2 Å². The maximum Gasteiger partial charge on any atom is 0.354 e. The van der Waals surface area contributed by atoms with E-state index in [1.807, 2.05) is 24.3 Å². The Bertz CT molecular complexity index is 640. The summed E-state index contributed by atoms with van der Waals surface area (Å²) in [6.45, 7) is 4.18. The van der Waals surface area contributed by atoms with Gasteiger partial charge in [0.1, 0.15) is 5.82 Å². The molecule has 2 rings (SSSR count). The third-order valence-corrected chi connectivity index (χ3v) is 3.53. The third kappa shape index (κ3) is 3.49. The molecule has 5 heteroatoms. The molecule has 1 atom stereocenters. The number of nitrogens with one attached hydrogen (secondary N) is 1.